The molecule has 1 aromatic carbocycles. The molecule has 7 nitrogen and oxygen atoms in total. The number of hydrogen-bond donors (Lipinski definition) is 2. The quantitative estimate of drug-likeness (QED) is 0.0623. The second-order valence-corrected chi connectivity index (χ2v) is 12.2. The van der Waals surface area contributed by atoms with Crippen molar-refractivity contribution in [3.63, 3.8) is 0 Å². The predicted molar refractivity (Wildman–Crippen MR) is 170 cm³/mol. The van der Waals surface area contributed by atoms with Gasteiger partial charge < -0.3 is 20.3 Å². The highest BCUT2D eigenvalue weighted by Gasteiger charge is 2.42. The molecule has 0 aromatic heterocycles. The van der Waals surface area contributed by atoms with Crippen LogP contribution >= 0.6 is 12.2 Å². The van der Waals surface area contributed by atoms with Crippen molar-refractivity contribution in [1.29, 1.82) is 0 Å². The van der Waals surface area contributed by atoms with Gasteiger partial charge in [-0.2, -0.15) is 0 Å². The third kappa shape index (κ3) is 12.6. The third-order valence-corrected chi connectivity index (χ3v) is 8.10. The highest BCUT2D eigenvalue weighted by atomic mass is 32.1. The van der Waals surface area contributed by atoms with E-state index in [0.717, 1.165) is 19.3 Å². The van der Waals surface area contributed by atoms with Gasteiger partial charge in [0.2, 0.25) is 0 Å². The van der Waals surface area contributed by atoms with E-state index in [1.165, 1.54) is 0 Å². The second kappa shape index (κ2) is 18.0. The third-order valence-electron chi connectivity index (χ3n) is 7.87. The lowest BCUT2D eigenvalue weighted by Gasteiger charge is -2.23. The standard InChI is InChI=1S/C34H49NO6S/c1-5-7-20-34(4,39)21-12-14-28-27(29(36)23-30(28)41-32(38)22-24(3)6-2)13-10-8-9-11-15-31(37)40-26-18-16-25(17-19-26)33(35)42/h8,10,12,14,16-19,24,27-28,30,39H,5-7,9,11,13,15,20-23H2,1-4H3,(H2,35,42)/b10-8-,14-12+/t24?,27-,28-,30-,34+/m1/s1. The van der Waals surface area contributed by atoms with Gasteiger partial charge in [-0.25, -0.2) is 0 Å². The van der Waals surface area contributed by atoms with E-state index in [2.05, 4.69) is 6.92 Å². The van der Waals surface area contributed by atoms with Crippen LogP contribution < -0.4 is 10.5 Å². The molecule has 0 spiro atoms. The number of thiocarbonyl (C=S) groups is 1. The predicted octanol–water partition coefficient (Wildman–Crippen LogP) is 6.78. The van der Waals surface area contributed by atoms with Gasteiger partial charge in [0.05, 0.1) is 5.60 Å². The largest absolute Gasteiger partial charge is 0.461 e. The minimum Gasteiger partial charge on any atom is -0.461 e. The fraction of sp³-hybridized carbons (Fsp3) is 0.588. The Morgan fingerprint density at radius 2 is 1.86 bits per heavy atom. The molecule has 1 unspecified atom stereocenters. The topological polar surface area (TPSA) is 116 Å². The molecule has 1 fully saturated rings. The first-order chi connectivity index (χ1) is 20.0. The summed E-state index contributed by atoms with van der Waals surface area (Å²) < 4.78 is 11.2. The molecule has 2 rings (SSSR count). The highest BCUT2D eigenvalue weighted by molar-refractivity contribution is 7.80. The van der Waals surface area contributed by atoms with Gasteiger partial charge in [0.1, 0.15) is 22.6 Å². The van der Waals surface area contributed by atoms with Gasteiger partial charge >= 0.3 is 11.9 Å². The summed E-state index contributed by atoms with van der Waals surface area (Å²) >= 11 is 4.93. The molecule has 1 aromatic rings. The molecule has 1 saturated carbocycles. The number of esters is 2. The van der Waals surface area contributed by atoms with Crippen LogP contribution in [0.5, 0.6) is 5.75 Å². The van der Waals surface area contributed by atoms with E-state index < -0.39 is 11.7 Å². The minimum absolute atomic E-state index is 0.0818. The molecular formula is C34H49NO6S. The molecule has 5 atom stereocenters. The van der Waals surface area contributed by atoms with E-state index in [-0.39, 0.29) is 53.3 Å². The number of Topliss-reactive ketones (excluding diaryl/α,β-unsaturated/α-hetero) is 1. The Balaban J connectivity index is 1.93. The average Bonchev–Trinajstić information content (AvgIpc) is 3.22. The molecule has 0 aliphatic heterocycles. The van der Waals surface area contributed by atoms with Crippen molar-refractivity contribution in [2.75, 3.05) is 0 Å². The van der Waals surface area contributed by atoms with Crippen molar-refractivity contribution >= 4 is 34.9 Å². The molecular weight excluding hydrogens is 550 g/mol. The fourth-order valence-corrected chi connectivity index (χ4v) is 5.14. The van der Waals surface area contributed by atoms with E-state index in [0.29, 0.717) is 49.8 Å². The van der Waals surface area contributed by atoms with Crippen molar-refractivity contribution < 1.29 is 29.0 Å². The van der Waals surface area contributed by atoms with Crippen LogP contribution in [0.15, 0.2) is 48.6 Å². The van der Waals surface area contributed by atoms with Crippen LogP contribution in [0.2, 0.25) is 0 Å². The lowest BCUT2D eigenvalue weighted by Crippen LogP contribution is -2.26. The fourth-order valence-electron chi connectivity index (χ4n) is 5.01. The number of hydrogen-bond acceptors (Lipinski definition) is 7. The number of benzene rings is 1. The SMILES string of the molecule is CCCC[C@](C)(O)C/C=C/[C@H]1[C@H](OC(=O)CC(C)CC)CC(=O)[C@@H]1C/C=C\CCCC(=O)Oc1ccc(C(N)=S)cc1. The summed E-state index contributed by atoms with van der Waals surface area (Å²) in [6.07, 6.45) is 14.0. The maximum Gasteiger partial charge on any atom is 0.311 e. The van der Waals surface area contributed by atoms with E-state index in [4.69, 9.17) is 27.4 Å². The molecule has 0 heterocycles. The van der Waals surface area contributed by atoms with Crippen LogP contribution in [0.4, 0.5) is 0 Å². The molecule has 1 aliphatic carbocycles. The molecule has 232 valence electrons. The minimum atomic E-state index is -0.810. The first-order valence-electron chi connectivity index (χ1n) is 15.3. The Hall–Kier alpha value is -2.84. The van der Waals surface area contributed by atoms with Gasteiger partial charge in [-0.1, -0.05) is 76.6 Å². The van der Waals surface area contributed by atoms with Crippen LogP contribution in [0.1, 0.15) is 104 Å². The number of unbranched alkanes of at least 4 members (excludes halogenated alkanes) is 2. The maximum absolute atomic E-state index is 13.0. The summed E-state index contributed by atoms with van der Waals surface area (Å²) in [5.74, 6) is -0.367. The Morgan fingerprint density at radius 1 is 1.14 bits per heavy atom. The van der Waals surface area contributed by atoms with Crippen LogP contribution in [-0.4, -0.2) is 39.5 Å². The lowest BCUT2D eigenvalue weighted by atomic mass is 9.88. The number of aliphatic hydroxyl groups is 1. The van der Waals surface area contributed by atoms with Gasteiger partial charge in [0.15, 0.2) is 0 Å². The summed E-state index contributed by atoms with van der Waals surface area (Å²) in [4.78, 5) is 38.1. The summed E-state index contributed by atoms with van der Waals surface area (Å²) in [5.41, 5.74) is 5.49. The number of ether oxygens (including phenoxy) is 2. The monoisotopic (exact) mass is 599 g/mol. The number of nitrogens with two attached hydrogens (primary N) is 1. The molecule has 0 radical (unpaired) electrons. The second-order valence-electron chi connectivity index (χ2n) is 11.8. The first-order valence-corrected chi connectivity index (χ1v) is 15.7. The zero-order chi connectivity index (χ0) is 31.1. The zero-order valence-electron chi connectivity index (χ0n) is 25.7. The van der Waals surface area contributed by atoms with Crippen molar-refractivity contribution in [2.45, 2.75) is 110 Å². The van der Waals surface area contributed by atoms with Gasteiger partial charge in [0.25, 0.3) is 0 Å². The van der Waals surface area contributed by atoms with E-state index >= 15 is 0 Å². The van der Waals surface area contributed by atoms with Crippen molar-refractivity contribution in [1.82, 2.24) is 0 Å². The van der Waals surface area contributed by atoms with Crippen LogP contribution in [-0.2, 0) is 19.1 Å². The van der Waals surface area contributed by atoms with E-state index in [1.54, 1.807) is 24.3 Å². The van der Waals surface area contributed by atoms with Gasteiger partial charge in [-0.05, 0) is 69.2 Å². The number of carbonyl (C=O) groups is 3. The zero-order valence-corrected chi connectivity index (χ0v) is 26.5. The average molecular weight is 600 g/mol. The summed E-state index contributed by atoms with van der Waals surface area (Å²) in [6.45, 7) is 7.98. The summed E-state index contributed by atoms with van der Waals surface area (Å²) in [7, 11) is 0. The van der Waals surface area contributed by atoms with E-state index in [1.807, 2.05) is 45.1 Å². The Morgan fingerprint density at radius 3 is 2.50 bits per heavy atom. The summed E-state index contributed by atoms with van der Waals surface area (Å²) in [6, 6.07) is 6.76. The maximum atomic E-state index is 13.0. The van der Waals surface area contributed by atoms with Gasteiger partial charge in [-0.15, -0.1) is 0 Å². The number of allylic oxidation sites excluding steroid dienone is 2. The normalized spacial score (nSPS) is 21.0. The van der Waals surface area contributed by atoms with Gasteiger partial charge in [-0.3, -0.25) is 14.4 Å². The Kier molecular flexibility index (Phi) is 15.1. The Bertz CT molecular complexity index is 1090. The molecule has 0 amide bonds. The Labute approximate surface area is 256 Å². The van der Waals surface area contributed by atoms with Crippen molar-refractivity contribution in [2.24, 2.45) is 23.5 Å². The molecule has 42 heavy (non-hydrogen) atoms. The van der Waals surface area contributed by atoms with E-state index in [9.17, 15) is 19.5 Å². The van der Waals surface area contributed by atoms with Crippen molar-refractivity contribution in [3.05, 3.63) is 54.1 Å². The summed E-state index contributed by atoms with van der Waals surface area (Å²) in [5, 5.41) is 10.7. The highest BCUT2D eigenvalue weighted by Crippen LogP contribution is 2.36. The molecule has 8 heteroatoms. The van der Waals surface area contributed by atoms with Crippen LogP contribution in [0.25, 0.3) is 0 Å². The lowest BCUT2D eigenvalue weighted by molar-refractivity contribution is -0.151. The molecule has 3 N–H and O–H groups in total. The first kappa shape index (κ1) is 35.4. The number of ketones is 1. The molecule has 1 aliphatic rings. The van der Waals surface area contributed by atoms with Crippen LogP contribution in [0, 0.1) is 17.8 Å². The van der Waals surface area contributed by atoms with Gasteiger partial charge in [0, 0.05) is 36.7 Å². The molecule has 0 saturated heterocycles. The molecule has 0 bridgehead atoms. The number of rotatable bonds is 18. The number of carbonyl (C=O) groups excluding carboxylic acids is 3. The van der Waals surface area contributed by atoms with Crippen LogP contribution in [0.3, 0.4) is 0 Å². The van der Waals surface area contributed by atoms with Crippen molar-refractivity contribution in [3.8, 4) is 5.75 Å². The smallest absolute Gasteiger partial charge is 0.311 e.